The maximum Gasteiger partial charge on any atom is 0.519 e. The van der Waals surface area contributed by atoms with Crippen molar-refractivity contribution in [3.05, 3.63) is 35.0 Å². The third-order valence-electron chi connectivity index (χ3n) is 2.20. The molecule has 74 valence electrons. The largest absolute Gasteiger partial charge is 0.519 e. The SMILES string of the molecule is CC(C)(C)n1cc2ccc[n+]-2c(=O)[nH]1. The normalized spacial score (nSPS) is 12.2. The second-order valence-corrected chi connectivity index (χ2v) is 4.39. The minimum Gasteiger partial charge on any atom is -0.213 e. The molecule has 14 heavy (non-hydrogen) atoms. The van der Waals surface area contributed by atoms with E-state index in [0.717, 1.165) is 5.69 Å². The fourth-order valence-corrected chi connectivity index (χ4v) is 1.37. The first-order valence-corrected chi connectivity index (χ1v) is 4.61. The van der Waals surface area contributed by atoms with Gasteiger partial charge in [0.05, 0.1) is 11.7 Å². The van der Waals surface area contributed by atoms with Crippen LogP contribution in [-0.4, -0.2) is 9.78 Å². The van der Waals surface area contributed by atoms with Gasteiger partial charge in [0.2, 0.25) is 0 Å². The molecule has 4 heteroatoms. The highest BCUT2D eigenvalue weighted by molar-refractivity contribution is 5.17. The molecule has 2 heterocycles. The molecule has 0 fully saturated rings. The van der Waals surface area contributed by atoms with Crippen LogP contribution in [0.1, 0.15) is 20.8 Å². The highest BCUT2D eigenvalue weighted by Crippen LogP contribution is 2.11. The van der Waals surface area contributed by atoms with Gasteiger partial charge in [-0.05, 0) is 32.9 Å². The molecule has 2 rings (SSSR count). The number of aromatic amines is 1. The quantitative estimate of drug-likeness (QED) is 0.612. The highest BCUT2D eigenvalue weighted by atomic mass is 16.1. The minimum absolute atomic E-state index is 0.106. The van der Waals surface area contributed by atoms with Crippen LogP contribution in [0, 0.1) is 0 Å². The third kappa shape index (κ3) is 1.32. The Morgan fingerprint density at radius 1 is 1.43 bits per heavy atom. The van der Waals surface area contributed by atoms with Crippen LogP contribution in [0.15, 0.2) is 29.3 Å². The van der Waals surface area contributed by atoms with E-state index in [4.69, 9.17) is 0 Å². The fourth-order valence-electron chi connectivity index (χ4n) is 1.37. The molecule has 0 aromatic rings. The van der Waals surface area contributed by atoms with E-state index < -0.39 is 0 Å². The number of hydrogen-bond donors (Lipinski definition) is 1. The Hall–Kier alpha value is -1.58. The molecule has 0 saturated heterocycles. The molecule has 0 aliphatic carbocycles. The molecule has 0 radical (unpaired) electrons. The van der Waals surface area contributed by atoms with Crippen LogP contribution in [0.4, 0.5) is 0 Å². The lowest BCUT2D eigenvalue weighted by Gasteiger charge is -2.19. The molecule has 1 N–H and O–H groups in total. The molecule has 4 nitrogen and oxygen atoms in total. The maximum absolute atomic E-state index is 11.6. The van der Waals surface area contributed by atoms with Crippen LogP contribution in [0.5, 0.6) is 0 Å². The zero-order valence-electron chi connectivity index (χ0n) is 8.61. The van der Waals surface area contributed by atoms with Crippen LogP contribution < -0.4 is 10.3 Å². The minimum atomic E-state index is -0.109. The predicted octanol–water partition coefficient (Wildman–Crippen LogP) is 0.646. The molecule has 0 unspecified atom stereocenters. The van der Waals surface area contributed by atoms with E-state index in [1.54, 1.807) is 10.8 Å². The van der Waals surface area contributed by atoms with Crippen LogP contribution in [-0.2, 0) is 5.54 Å². The Kier molecular flexibility index (Phi) is 1.74. The summed E-state index contributed by atoms with van der Waals surface area (Å²) in [6, 6.07) is 3.77. The molecule has 2 aliphatic rings. The molecule has 2 aliphatic heterocycles. The van der Waals surface area contributed by atoms with Crippen molar-refractivity contribution >= 4 is 0 Å². The van der Waals surface area contributed by atoms with Gasteiger partial charge in [0.25, 0.3) is 0 Å². The molecule has 0 saturated carbocycles. The first kappa shape index (κ1) is 8.99. The first-order chi connectivity index (χ1) is 6.48. The van der Waals surface area contributed by atoms with Crippen molar-refractivity contribution in [2.75, 3.05) is 0 Å². The zero-order chi connectivity index (χ0) is 10.3. The molecule has 0 amide bonds. The Labute approximate surface area is 82.1 Å². The second kappa shape index (κ2) is 2.70. The number of hydrogen-bond acceptors (Lipinski definition) is 1. The standard InChI is InChI=1S/C10H13N3O/c1-10(2,3)13-7-8-5-4-6-12(8)9(14)11-13/h4-7H,1-3H3/p+1. The van der Waals surface area contributed by atoms with Gasteiger partial charge in [-0.1, -0.05) is 0 Å². The van der Waals surface area contributed by atoms with E-state index in [1.807, 2.05) is 43.8 Å². The van der Waals surface area contributed by atoms with Crippen molar-refractivity contribution < 1.29 is 4.57 Å². The van der Waals surface area contributed by atoms with E-state index >= 15 is 0 Å². The van der Waals surface area contributed by atoms with Gasteiger partial charge >= 0.3 is 5.69 Å². The predicted molar refractivity (Wildman–Crippen MR) is 52.8 cm³/mol. The van der Waals surface area contributed by atoms with Gasteiger partial charge in [0, 0.05) is 0 Å². The Morgan fingerprint density at radius 2 is 2.14 bits per heavy atom. The van der Waals surface area contributed by atoms with E-state index in [0.29, 0.717) is 0 Å². The van der Waals surface area contributed by atoms with Gasteiger partial charge in [-0.2, -0.15) is 9.36 Å². The van der Waals surface area contributed by atoms with Crippen molar-refractivity contribution in [2.24, 2.45) is 0 Å². The highest BCUT2D eigenvalue weighted by Gasteiger charge is 2.20. The third-order valence-corrected chi connectivity index (χ3v) is 2.20. The monoisotopic (exact) mass is 192 g/mol. The number of H-pyrrole nitrogens is 1. The van der Waals surface area contributed by atoms with Gasteiger partial charge < -0.3 is 0 Å². The van der Waals surface area contributed by atoms with Crippen LogP contribution in [0.25, 0.3) is 5.69 Å². The van der Waals surface area contributed by atoms with Gasteiger partial charge in [-0.3, -0.25) is 0 Å². The molecular formula is C10H14N3O+. The number of aromatic nitrogens is 3. The van der Waals surface area contributed by atoms with Gasteiger partial charge in [0.15, 0.2) is 5.69 Å². The summed E-state index contributed by atoms with van der Waals surface area (Å²) >= 11 is 0. The van der Waals surface area contributed by atoms with Crippen LogP contribution in [0.2, 0.25) is 0 Å². The van der Waals surface area contributed by atoms with Gasteiger partial charge in [-0.15, -0.1) is 5.10 Å². The van der Waals surface area contributed by atoms with Crippen molar-refractivity contribution in [1.82, 2.24) is 9.78 Å². The van der Waals surface area contributed by atoms with Crippen molar-refractivity contribution in [3.8, 4) is 5.69 Å². The number of nitrogens with one attached hydrogen (secondary N) is 1. The molecule has 0 spiro atoms. The summed E-state index contributed by atoms with van der Waals surface area (Å²) < 4.78 is 3.41. The summed E-state index contributed by atoms with van der Waals surface area (Å²) in [4.78, 5) is 11.6. The summed E-state index contributed by atoms with van der Waals surface area (Å²) in [5.74, 6) is 0. The lowest BCUT2D eigenvalue weighted by molar-refractivity contribution is -0.613. The number of rotatable bonds is 0. The average molecular weight is 192 g/mol. The molecule has 0 aromatic carbocycles. The summed E-state index contributed by atoms with van der Waals surface area (Å²) in [6.45, 7) is 6.13. The van der Waals surface area contributed by atoms with Crippen molar-refractivity contribution in [1.29, 1.82) is 0 Å². The Morgan fingerprint density at radius 3 is 2.79 bits per heavy atom. The first-order valence-electron chi connectivity index (χ1n) is 4.61. The van der Waals surface area contributed by atoms with E-state index in [2.05, 4.69) is 5.10 Å². The van der Waals surface area contributed by atoms with Gasteiger partial charge in [0.1, 0.15) is 6.20 Å². The molecule has 0 bridgehead atoms. The number of nitrogens with zero attached hydrogens (tertiary/aromatic N) is 2. The lowest BCUT2D eigenvalue weighted by atomic mass is 10.1. The zero-order valence-corrected chi connectivity index (χ0v) is 8.61. The van der Waals surface area contributed by atoms with Crippen molar-refractivity contribution in [3.63, 3.8) is 0 Å². The average Bonchev–Trinajstić information content (AvgIpc) is 2.50. The van der Waals surface area contributed by atoms with Crippen LogP contribution >= 0.6 is 0 Å². The van der Waals surface area contributed by atoms with E-state index in [-0.39, 0.29) is 11.2 Å². The Balaban J connectivity index is 2.72. The van der Waals surface area contributed by atoms with E-state index in [9.17, 15) is 4.79 Å². The topological polar surface area (TPSA) is 41.7 Å². The summed E-state index contributed by atoms with van der Waals surface area (Å²) in [7, 11) is 0. The van der Waals surface area contributed by atoms with Crippen molar-refractivity contribution in [2.45, 2.75) is 26.3 Å². The summed E-state index contributed by atoms with van der Waals surface area (Å²) in [6.07, 6.45) is 3.68. The smallest absolute Gasteiger partial charge is 0.213 e. The summed E-state index contributed by atoms with van der Waals surface area (Å²) in [5.41, 5.74) is 0.691. The summed E-state index contributed by atoms with van der Waals surface area (Å²) in [5, 5.41) is 2.80. The maximum atomic E-state index is 11.6. The molecular weight excluding hydrogens is 178 g/mol. The fraction of sp³-hybridized carbons (Fsp3) is 0.400. The van der Waals surface area contributed by atoms with E-state index in [1.165, 1.54) is 0 Å². The molecule has 0 aromatic heterocycles. The second-order valence-electron chi connectivity index (χ2n) is 4.39. The number of fused-ring (bicyclic) bond motifs is 1. The van der Waals surface area contributed by atoms with Gasteiger partial charge in [-0.25, -0.2) is 4.68 Å². The molecule has 0 atom stereocenters. The van der Waals surface area contributed by atoms with Crippen LogP contribution in [0.3, 0.4) is 0 Å². The Bertz CT molecular complexity index is 475. The lowest BCUT2D eigenvalue weighted by Crippen LogP contribution is -2.51.